The number of nitrogens with one attached hydrogen (secondary N) is 1. The summed E-state index contributed by atoms with van der Waals surface area (Å²) in [6.07, 6.45) is -4.55. The third kappa shape index (κ3) is 3.48. The van der Waals surface area contributed by atoms with Gasteiger partial charge in [-0.1, -0.05) is 34.2 Å². The van der Waals surface area contributed by atoms with E-state index in [1.54, 1.807) is 0 Å². The molecule has 0 atom stereocenters. The fourth-order valence-electron chi connectivity index (χ4n) is 0.869. The molecule has 0 saturated carbocycles. The fraction of sp³-hybridized carbons (Fsp3) is 0.250. The SMILES string of the molecule is O=C(CI)Nc1ccc(C(F)(F)F)nc1Cl. The maximum absolute atomic E-state index is 12.2. The van der Waals surface area contributed by atoms with E-state index >= 15 is 0 Å². The summed E-state index contributed by atoms with van der Waals surface area (Å²) < 4.78 is 36.8. The zero-order valence-electron chi connectivity index (χ0n) is 7.61. The summed E-state index contributed by atoms with van der Waals surface area (Å²) >= 11 is 7.32. The monoisotopic (exact) mass is 364 g/mol. The van der Waals surface area contributed by atoms with Crippen molar-refractivity contribution in [1.82, 2.24) is 4.98 Å². The van der Waals surface area contributed by atoms with E-state index in [0.717, 1.165) is 12.1 Å². The molecule has 0 aliphatic rings. The maximum atomic E-state index is 12.2. The van der Waals surface area contributed by atoms with Crippen LogP contribution in [-0.4, -0.2) is 15.3 Å². The van der Waals surface area contributed by atoms with Crippen molar-refractivity contribution in [3.8, 4) is 0 Å². The second-order valence-corrected chi connectivity index (χ2v) is 3.84. The first-order chi connectivity index (χ1) is 7.34. The summed E-state index contributed by atoms with van der Waals surface area (Å²) in [6, 6.07) is 1.83. The first kappa shape index (κ1) is 13.5. The van der Waals surface area contributed by atoms with Crippen molar-refractivity contribution in [3.63, 3.8) is 0 Å². The zero-order chi connectivity index (χ0) is 12.3. The number of hydrogen-bond acceptors (Lipinski definition) is 2. The number of aromatic nitrogens is 1. The largest absolute Gasteiger partial charge is 0.433 e. The van der Waals surface area contributed by atoms with Crippen LogP contribution in [0.5, 0.6) is 0 Å². The molecule has 3 nitrogen and oxygen atoms in total. The van der Waals surface area contributed by atoms with Gasteiger partial charge in [0.05, 0.1) is 10.1 Å². The van der Waals surface area contributed by atoms with Crippen LogP contribution in [0.25, 0.3) is 0 Å². The lowest BCUT2D eigenvalue weighted by Gasteiger charge is -2.09. The Labute approximate surface area is 108 Å². The summed E-state index contributed by atoms with van der Waals surface area (Å²) in [6.45, 7) is 0. The highest BCUT2D eigenvalue weighted by molar-refractivity contribution is 14.1. The molecular formula is C8H5ClF3IN2O. The van der Waals surface area contributed by atoms with Crippen molar-refractivity contribution in [2.75, 3.05) is 9.74 Å². The number of nitrogens with zero attached hydrogens (tertiary/aromatic N) is 1. The van der Waals surface area contributed by atoms with E-state index in [-0.39, 0.29) is 21.2 Å². The first-order valence-electron chi connectivity index (χ1n) is 3.94. The molecule has 1 heterocycles. The molecule has 0 bridgehead atoms. The highest BCUT2D eigenvalue weighted by atomic mass is 127. The Morgan fingerprint density at radius 3 is 2.56 bits per heavy atom. The van der Waals surface area contributed by atoms with Gasteiger partial charge in [0.15, 0.2) is 5.15 Å². The van der Waals surface area contributed by atoms with Crippen LogP contribution in [0.4, 0.5) is 18.9 Å². The van der Waals surface area contributed by atoms with Crippen LogP contribution in [0.15, 0.2) is 12.1 Å². The van der Waals surface area contributed by atoms with E-state index < -0.39 is 11.9 Å². The predicted octanol–water partition coefficient (Wildman–Crippen LogP) is 3.13. The van der Waals surface area contributed by atoms with Crippen molar-refractivity contribution in [3.05, 3.63) is 23.0 Å². The first-order valence-corrected chi connectivity index (χ1v) is 5.84. The molecule has 1 N–H and O–H groups in total. The molecular weight excluding hydrogens is 359 g/mol. The second-order valence-electron chi connectivity index (χ2n) is 2.71. The molecule has 0 saturated heterocycles. The van der Waals surface area contributed by atoms with Crippen LogP contribution in [0, 0.1) is 0 Å². The summed E-state index contributed by atoms with van der Waals surface area (Å²) in [4.78, 5) is 14.1. The quantitative estimate of drug-likeness (QED) is 0.498. The van der Waals surface area contributed by atoms with E-state index in [2.05, 4.69) is 10.3 Å². The summed E-state index contributed by atoms with van der Waals surface area (Å²) in [5, 5.41) is 1.95. The van der Waals surface area contributed by atoms with Crippen molar-refractivity contribution >= 4 is 45.8 Å². The number of carbonyl (C=O) groups is 1. The normalized spacial score (nSPS) is 11.3. The number of amides is 1. The topological polar surface area (TPSA) is 42.0 Å². The second kappa shape index (κ2) is 5.17. The van der Waals surface area contributed by atoms with Gasteiger partial charge >= 0.3 is 6.18 Å². The average molecular weight is 364 g/mol. The molecule has 0 radical (unpaired) electrons. The van der Waals surface area contributed by atoms with Crippen LogP contribution >= 0.6 is 34.2 Å². The highest BCUT2D eigenvalue weighted by Crippen LogP contribution is 2.30. The van der Waals surface area contributed by atoms with Gasteiger partial charge in [-0.25, -0.2) is 4.98 Å². The fourth-order valence-corrected chi connectivity index (χ4v) is 1.26. The van der Waals surface area contributed by atoms with Crippen molar-refractivity contribution in [2.24, 2.45) is 0 Å². The Kier molecular flexibility index (Phi) is 4.36. The molecule has 0 spiro atoms. The number of rotatable bonds is 2. The van der Waals surface area contributed by atoms with Gasteiger partial charge in [-0.2, -0.15) is 13.2 Å². The molecule has 0 unspecified atom stereocenters. The van der Waals surface area contributed by atoms with Gasteiger partial charge in [-0.05, 0) is 12.1 Å². The molecule has 0 aromatic carbocycles. The number of carbonyl (C=O) groups excluding carboxylic acids is 1. The van der Waals surface area contributed by atoms with Crippen molar-refractivity contribution in [2.45, 2.75) is 6.18 Å². The number of anilines is 1. The van der Waals surface area contributed by atoms with E-state index in [1.807, 2.05) is 22.6 Å². The number of halogens is 5. The van der Waals surface area contributed by atoms with Crippen LogP contribution in [-0.2, 0) is 11.0 Å². The molecule has 1 aromatic rings. The summed E-state index contributed by atoms with van der Waals surface area (Å²) in [7, 11) is 0. The minimum absolute atomic E-state index is 0.0660. The molecule has 16 heavy (non-hydrogen) atoms. The van der Waals surface area contributed by atoms with E-state index in [9.17, 15) is 18.0 Å². The van der Waals surface area contributed by atoms with E-state index in [0.29, 0.717) is 0 Å². The lowest BCUT2D eigenvalue weighted by Crippen LogP contribution is -2.14. The van der Waals surface area contributed by atoms with Gasteiger partial charge in [0.1, 0.15) is 5.69 Å². The zero-order valence-corrected chi connectivity index (χ0v) is 10.5. The third-order valence-electron chi connectivity index (χ3n) is 1.53. The molecule has 8 heteroatoms. The predicted molar refractivity (Wildman–Crippen MR) is 61.8 cm³/mol. The van der Waals surface area contributed by atoms with Gasteiger partial charge in [-0.15, -0.1) is 0 Å². The smallest absolute Gasteiger partial charge is 0.323 e. The number of hydrogen-bond donors (Lipinski definition) is 1. The standard InChI is InChI=1S/C8H5ClF3IN2O/c9-7-4(14-6(16)3-13)1-2-5(15-7)8(10,11)12/h1-2H,3H2,(H,14,16). The Hall–Kier alpha value is -0.570. The molecule has 0 aliphatic carbocycles. The van der Waals surface area contributed by atoms with E-state index in [1.165, 1.54) is 0 Å². The summed E-state index contributed by atoms with van der Waals surface area (Å²) in [5.41, 5.74) is -1.03. The number of alkyl halides is 4. The minimum Gasteiger partial charge on any atom is -0.323 e. The Morgan fingerprint density at radius 2 is 2.12 bits per heavy atom. The molecule has 0 aliphatic heterocycles. The Balaban J connectivity index is 2.96. The lowest BCUT2D eigenvalue weighted by atomic mass is 10.3. The van der Waals surface area contributed by atoms with Gasteiger partial charge < -0.3 is 5.32 Å². The molecule has 88 valence electrons. The number of pyridine rings is 1. The van der Waals surface area contributed by atoms with Gasteiger partial charge in [0.25, 0.3) is 0 Å². The van der Waals surface area contributed by atoms with Crippen LogP contribution in [0.2, 0.25) is 5.15 Å². The van der Waals surface area contributed by atoms with Gasteiger partial charge in [0, 0.05) is 0 Å². The molecule has 1 amide bonds. The third-order valence-corrected chi connectivity index (χ3v) is 2.52. The Morgan fingerprint density at radius 1 is 1.50 bits per heavy atom. The van der Waals surface area contributed by atoms with Crippen LogP contribution in [0.1, 0.15) is 5.69 Å². The van der Waals surface area contributed by atoms with Crippen LogP contribution < -0.4 is 5.32 Å². The minimum atomic E-state index is -4.55. The molecule has 1 rings (SSSR count). The highest BCUT2D eigenvalue weighted by Gasteiger charge is 2.32. The molecule has 1 aromatic heterocycles. The van der Waals surface area contributed by atoms with Crippen molar-refractivity contribution in [1.29, 1.82) is 0 Å². The average Bonchev–Trinajstić information content (AvgIpc) is 2.19. The van der Waals surface area contributed by atoms with Crippen LogP contribution in [0.3, 0.4) is 0 Å². The Bertz CT molecular complexity index is 411. The van der Waals surface area contributed by atoms with Crippen molar-refractivity contribution < 1.29 is 18.0 Å². The summed E-state index contributed by atoms with van der Waals surface area (Å²) in [5.74, 6) is -0.357. The van der Waals surface area contributed by atoms with E-state index in [4.69, 9.17) is 11.6 Å². The maximum Gasteiger partial charge on any atom is 0.433 e. The van der Waals surface area contributed by atoms with Gasteiger partial charge in [0.2, 0.25) is 5.91 Å². The lowest BCUT2D eigenvalue weighted by molar-refractivity contribution is -0.141. The van der Waals surface area contributed by atoms with Gasteiger partial charge in [-0.3, -0.25) is 4.79 Å². The molecule has 0 fully saturated rings.